The highest BCUT2D eigenvalue weighted by Crippen LogP contribution is 2.25. The molecule has 0 aliphatic carbocycles. The lowest BCUT2D eigenvalue weighted by Gasteiger charge is -2.30. The van der Waals surface area contributed by atoms with Crippen LogP contribution in [0, 0.1) is 0 Å². The molecule has 1 N–H and O–H groups in total. The molecule has 0 atom stereocenters. The number of nitrogens with zero attached hydrogens (tertiary/aromatic N) is 3. The largest absolute Gasteiger partial charge is 0.492 e. The van der Waals surface area contributed by atoms with E-state index < -0.39 is 25.2 Å². The van der Waals surface area contributed by atoms with E-state index >= 15 is 0 Å². The average Bonchev–Trinajstić information content (AvgIpc) is 3.12. The highest BCUT2D eigenvalue weighted by Gasteiger charge is 2.42. The van der Waals surface area contributed by atoms with Gasteiger partial charge >= 0.3 is 18.6 Å². The Labute approximate surface area is 178 Å². The number of carboxylic acid groups (broad SMARTS) is 1. The van der Waals surface area contributed by atoms with Crippen molar-refractivity contribution in [2.24, 2.45) is 0 Å². The van der Waals surface area contributed by atoms with Crippen LogP contribution < -0.4 is 4.74 Å². The third-order valence-corrected chi connectivity index (χ3v) is 4.53. The van der Waals surface area contributed by atoms with Gasteiger partial charge in [0, 0.05) is 18.9 Å². The molecule has 2 rings (SSSR count). The average molecular weight is 449 g/mol. The zero-order chi connectivity index (χ0) is 23.2. The number of alkyl halides is 4. The number of hydrazine groups is 1. The number of rotatable bonds is 10. The minimum absolute atomic E-state index is 0.00694. The number of halogens is 4. The first kappa shape index (κ1) is 24.6. The normalized spacial score (nSPS) is 14.5. The minimum atomic E-state index is -4.52. The minimum Gasteiger partial charge on any atom is -0.492 e. The van der Waals surface area contributed by atoms with Crippen molar-refractivity contribution in [2.75, 3.05) is 33.0 Å². The predicted octanol–water partition coefficient (Wildman–Crippen LogP) is 4.18. The molecular formula is C20H27F4N3O4. The van der Waals surface area contributed by atoms with Crippen molar-refractivity contribution in [3.8, 4) is 5.75 Å². The lowest BCUT2D eigenvalue weighted by atomic mass is 9.87. The molecule has 0 unspecified atom stereocenters. The fraction of sp³-hybridized carbons (Fsp3) is 0.550. The van der Waals surface area contributed by atoms with Crippen LogP contribution in [0.2, 0.25) is 0 Å². The molecule has 1 amide bonds. The molecule has 11 heteroatoms. The molecule has 31 heavy (non-hydrogen) atoms. The summed E-state index contributed by atoms with van der Waals surface area (Å²) in [6.07, 6.45) is -6.74. The smallest absolute Gasteiger partial charge is 0.426 e. The van der Waals surface area contributed by atoms with E-state index in [1.54, 1.807) is 0 Å². The van der Waals surface area contributed by atoms with Crippen LogP contribution in [0.3, 0.4) is 0 Å². The van der Waals surface area contributed by atoms with Gasteiger partial charge in [0.15, 0.2) is 0 Å². The van der Waals surface area contributed by atoms with E-state index in [-0.39, 0.29) is 31.8 Å². The van der Waals surface area contributed by atoms with Gasteiger partial charge in [0.05, 0.1) is 13.2 Å². The quantitative estimate of drug-likeness (QED) is 0.541. The molecule has 0 spiro atoms. The molecule has 0 aromatic heterocycles. The van der Waals surface area contributed by atoms with Crippen LogP contribution in [0.4, 0.5) is 22.4 Å². The first-order valence-corrected chi connectivity index (χ1v) is 9.63. The summed E-state index contributed by atoms with van der Waals surface area (Å²) in [5.74, 6) is 0.606. The van der Waals surface area contributed by atoms with Crippen LogP contribution >= 0.6 is 0 Å². The Kier molecular flexibility index (Phi) is 7.99. The molecule has 0 saturated heterocycles. The molecule has 7 nitrogen and oxygen atoms in total. The third-order valence-electron chi connectivity index (χ3n) is 4.53. The molecular weight excluding hydrogens is 422 g/mol. The van der Waals surface area contributed by atoms with Crippen molar-refractivity contribution in [1.29, 1.82) is 0 Å². The Bertz CT molecular complexity index is 754. The summed E-state index contributed by atoms with van der Waals surface area (Å²) < 4.78 is 59.3. The van der Waals surface area contributed by atoms with Crippen molar-refractivity contribution >= 4 is 6.09 Å². The lowest BCUT2D eigenvalue weighted by Crippen LogP contribution is -2.46. The second kappa shape index (κ2) is 10.1. The number of ether oxygens (including phenoxy) is 2. The van der Waals surface area contributed by atoms with Gasteiger partial charge in [0.1, 0.15) is 19.0 Å². The molecule has 1 heterocycles. The maximum absolute atomic E-state index is 12.8. The van der Waals surface area contributed by atoms with E-state index in [0.717, 1.165) is 10.6 Å². The molecule has 0 saturated carbocycles. The van der Waals surface area contributed by atoms with Gasteiger partial charge < -0.3 is 19.5 Å². The van der Waals surface area contributed by atoms with E-state index in [4.69, 9.17) is 4.74 Å². The molecule has 1 aliphatic rings. The van der Waals surface area contributed by atoms with Crippen molar-refractivity contribution in [3.63, 3.8) is 0 Å². The van der Waals surface area contributed by atoms with Gasteiger partial charge in [-0.3, -0.25) is 5.01 Å². The zero-order valence-corrected chi connectivity index (χ0v) is 17.6. The summed E-state index contributed by atoms with van der Waals surface area (Å²) in [5.41, 5.74) is 1.15. The maximum atomic E-state index is 12.8. The number of hydrogen-bond acceptors (Lipinski definition) is 5. The Morgan fingerprint density at radius 2 is 1.81 bits per heavy atom. The molecule has 1 aromatic rings. The van der Waals surface area contributed by atoms with Gasteiger partial charge in [0.25, 0.3) is 0 Å². The lowest BCUT2D eigenvalue weighted by molar-refractivity contribution is -0.300. The van der Waals surface area contributed by atoms with E-state index in [0.29, 0.717) is 5.75 Å². The summed E-state index contributed by atoms with van der Waals surface area (Å²) in [7, 11) is 0. The summed E-state index contributed by atoms with van der Waals surface area (Å²) >= 11 is 0. The first-order valence-electron chi connectivity index (χ1n) is 9.63. The molecule has 1 aromatic carbocycles. The van der Waals surface area contributed by atoms with Crippen LogP contribution in [0.1, 0.15) is 26.3 Å². The summed E-state index contributed by atoms with van der Waals surface area (Å²) in [6, 6.07) is 7.53. The molecule has 1 aliphatic heterocycles. The first-order chi connectivity index (χ1) is 14.4. The van der Waals surface area contributed by atoms with Crippen LogP contribution in [0.25, 0.3) is 0 Å². The van der Waals surface area contributed by atoms with Gasteiger partial charge in [-0.25, -0.2) is 18.6 Å². The van der Waals surface area contributed by atoms with E-state index in [1.807, 2.05) is 24.3 Å². The third kappa shape index (κ3) is 7.20. The van der Waals surface area contributed by atoms with Crippen molar-refractivity contribution < 1.29 is 36.9 Å². The van der Waals surface area contributed by atoms with Gasteiger partial charge in [0.2, 0.25) is 0 Å². The van der Waals surface area contributed by atoms with E-state index in [9.17, 15) is 27.5 Å². The number of carbonyl (C=O) groups is 1. The Hall–Kier alpha value is -2.69. The van der Waals surface area contributed by atoms with Crippen LogP contribution in [0.15, 0.2) is 36.7 Å². The van der Waals surface area contributed by atoms with Crippen LogP contribution in [-0.4, -0.2) is 71.6 Å². The number of hydrogen-bond donors (Lipinski definition) is 1. The van der Waals surface area contributed by atoms with Crippen molar-refractivity contribution in [2.45, 2.75) is 38.7 Å². The van der Waals surface area contributed by atoms with Gasteiger partial charge in [-0.2, -0.15) is 8.78 Å². The summed E-state index contributed by atoms with van der Waals surface area (Å²) in [4.78, 5) is 13.0. The predicted molar refractivity (Wildman–Crippen MR) is 105 cm³/mol. The second-order valence-electron chi connectivity index (χ2n) is 7.93. The van der Waals surface area contributed by atoms with Gasteiger partial charge in [-0.15, -0.1) is 0 Å². The summed E-state index contributed by atoms with van der Waals surface area (Å²) in [6.45, 7) is 5.68. The molecule has 0 radical (unpaired) electrons. The fourth-order valence-corrected chi connectivity index (χ4v) is 2.75. The fourth-order valence-electron chi connectivity index (χ4n) is 2.75. The SMILES string of the molecule is CC(C)(C)c1ccc(OCCN(C(=O)O)N2C=CN(CCOC(F)(F)C(F)F)C2)cc1. The maximum Gasteiger partial charge on any atom is 0.426 e. The van der Waals surface area contributed by atoms with Crippen molar-refractivity contribution in [3.05, 3.63) is 42.2 Å². The van der Waals surface area contributed by atoms with Crippen molar-refractivity contribution in [1.82, 2.24) is 14.9 Å². The Balaban J connectivity index is 1.80. The monoisotopic (exact) mass is 449 g/mol. The molecule has 0 bridgehead atoms. The Morgan fingerprint density at radius 3 is 2.35 bits per heavy atom. The standard InChI is InChI=1S/C20H27F4N3O4/c1-19(2,3)15-4-6-16(7-5-15)30-12-11-27(18(28)29)26-9-8-25(14-26)10-13-31-20(23,24)17(21)22/h4-9,17H,10-14H2,1-3H3,(H,28,29). The van der Waals surface area contributed by atoms with Gasteiger partial charge in [-0.1, -0.05) is 32.9 Å². The Morgan fingerprint density at radius 1 is 1.16 bits per heavy atom. The number of benzene rings is 1. The van der Waals surface area contributed by atoms with Gasteiger partial charge in [-0.05, 0) is 23.1 Å². The van der Waals surface area contributed by atoms with E-state index in [2.05, 4.69) is 25.5 Å². The topological polar surface area (TPSA) is 65.5 Å². The summed E-state index contributed by atoms with van der Waals surface area (Å²) in [5, 5.41) is 11.8. The highest BCUT2D eigenvalue weighted by molar-refractivity contribution is 5.64. The second-order valence-corrected chi connectivity index (χ2v) is 7.93. The van der Waals surface area contributed by atoms with E-state index in [1.165, 1.54) is 22.3 Å². The highest BCUT2D eigenvalue weighted by atomic mass is 19.3. The molecule has 174 valence electrons. The zero-order valence-electron chi connectivity index (χ0n) is 17.6. The number of amides is 1. The van der Waals surface area contributed by atoms with Crippen LogP contribution in [0.5, 0.6) is 5.75 Å². The molecule has 0 fully saturated rings. The van der Waals surface area contributed by atoms with Crippen LogP contribution in [-0.2, 0) is 10.2 Å².